The molecule has 1 heterocycles. The number of amides is 2. The number of carbonyl (C=O) groups excluding carboxylic acids is 2. The van der Waals surface area contributed by atoms with Gasteiger partial charge >= 0.3 is 6.09 Å². The van der Waals surface area contributed by atoms with Crippen LogP contribution in [0.5, 0.6) is 0 Å². The highest BCUT2D eigenvalue weighted by Gasteiger charge is 2.52. The van der Waals surface area contributed by atoms with E-state index in [0.717, 1.165) is 22.3 Å². The van der Waals surface area contributed by atoms with Gasteiger partial charge in [-0.15, -0.1) is 0 Å². The molecule has 1 aliphatic heterocycles. The maximum absolute atomic E-state index is 14.5. The van der Waals surface area contributed by atoms with E-state index < -0.39 is 41.4 Å². The topological polar surface area (TPSA) is 99.1 Å². The van der Waals surface area contributed by atoms with Crippen LogP contribution >= 0.6 is 0 Å². The lowest BCUT2D eigenvalue weighted by Gasteiger charge is -2.35. The summed E-state index contributed by atoms with van der Waals surface area (Å²) >= 11 is 0. The number of likely N-dealkylation sites (tertiary alicyclic amines) is 1. The van der Waals surface area contributed by atoms with Gasteiger partial charge in [0, 0.05) is 13.0 Å². The van der Waals surface area contributed by atoms with Crippen molar-refractivity contribution in [1.29, 1.82) is 0 Å². The number of alkyl carbamates (subject to hydrolysis) is 1. The van der Waals surface area contributed by atoms with Gasteiger partial charge in [-0.1, -0.05) is 84.9 Å². The quantitative estimate of drug-likeness (QED) is 0.337. The number of nitrogens with one attached hydrogen (secondary N) is 1. The van der Waals surface area contributed by atoms with Crippen LogP contribution in [0.25, 0.3) is 0 Å². The number of fused-ring (bicyclic) bond motifs is 1. The zero-order chi connectivity index (χ0) is 29.9. The smallest absolute Gasteiger partial charge is 0.407 e. The first kappa shape index (κ1) is 29.8. The lowest BCUT2D eigenvalue weighted by Crippen LogP contribution is -2.50. The second-order valence-electron chi connectivity index (χ2n) is 12.8. The lowest BCUT2D eigenvalue weighted by molar-refractivity contribution is -0.141. The van der Waals surface area contributed by atoms with Gasteiger partial charge in [-0.25, -0.2) is 4.79 Å². The zero-order valence-corrected chi connectivity index (χ0v) is 24.7. The minimum atomic E-state index is -1.02. The number of benzene rings is 3. The van der Waals surface area contributed by atoms with Gasteiger partial charge in [0.2, 0.25) is 5.91 Å². The summed E-state index contributed by atoms with van der Waals surface area (Å²) in [5.41, 5.74) is 2.42. The highest BCUT2D eigenvalue weighted by molar-refractivity contribution is 5.86. The van der Waals surface area contributed by atoms with Crippen molar-refractivity contribution in [2.24, 2.45) is 5.41 Å². The standard InChI is InChI=1S/C35H42N2O5/c1-34(2,3)42-33(41)36-28(20-24-12-6-4-7-13-24)30(39)23-35(22-25-14-8-5-9-15-25)18-19-37(32(35)40)31-27-17-11-10-16-26(27)21-29(31)38/h4-17,28-31,38-39H,18-23H2,1-3H3,(H,36,41)/t28-,29+,30-,31-,35-/m0/s1. The van der Waals surface area contributed by atoms with Gasteiger partial charge in [-0.05, 0) is 68.7 Å². The van der Waals surface area contributed by atoms with Crippen molar-refractivity contribution in [3.05, 3.63) is 107 Å². The first-order valence-electron chi connectivity index (χ1n) is 14.9. The van der Waals surface area contributed by atoms with Crippen LogP contribution in [-0.4, -0.2) is 57.5 Å². The maximum atomic E-state index is 14.5. The Kier molecular flexibility index (Phi) is 8.71. The Morgan fingerprint density at radius 3 is 2.29 bits per heavy atom. The molecule has 7 heteroatoms. The van der Waals surface area contributed by atoms with E-state index in [1.807, 2.05) is 89.8 Å². The van der Waals surface area contributed by atoms with Gasteiger partial charge in [0.25, 0.3) is 0 Å². The van der Waals surface area contributed by atoms with E-state index in [9.17, 15) is 19.8 Å². The predicted molar refractivity (Wildman–Crippen MR) is 162 cm³/mol. The molecular weight excluding hydrogens is 528 g/mol. The van der Waals surface area contributed by atoms with E-state index in [2.05, 4.69) is 5.32 Å². The Labute approximate surface area is 248 Å². The van der Waals surface area contributed by atoms with Crippen molar-refractivity contribution in [3.8, 4) is 0 Å². The summed E-state index contributed by atoms with van der Waals surface area (Å²) in [5, 5.41) is 25.8. The first-order valence-corrected chi connectivity index (χ1v) is 14.9. The van der Waals surface area contributed by atoms with Gasteiger partial charge in [0.1, 0.15) is 5.60 Å². The molecule has 0 unspecified atom stereocenters. The summed E-state index contributed by atoms with van der Waals surface area (Å²) in [5.74, 6) is -0.0677. The second-order valence-corrected chi connectivity index (χ2v) is 12.8. The molecule has 5 atom stereocenters. The van der Waals surface area contributed by atoms with Crippen LogP contribution in [0.3, 0.4) is 0 Å². The normalized spacial score (nSPS) is 23.4. The monoisotopic (exact) mass is 570 g/mol. The van der Waals surface area contributed by atoms with Gasteiger partial charge in [0.15, 0.2) is 0 Å². The molecule has 0 aromatic heterocycles. The number of hydrogen-bond donors (Lipinski definition) is 3. The van der Waals surface area contributed by atoms with Crippen LogP contribution in [0, 0.1) is 5.41 Å². The fraction of sp³-hybridized carbons (Fsp3) is 0.429. The molecule has 0 saturated carbocycles. The van der Waals surface area contributed by atoms with Crippen LogP contribution in [0.15, 0.2) is 84.9 Å². The molecule has 3 aromatic carbocycles. The Morgan fingerprint density at radius 2 is 1.62 bits per heavy atom. The summed E-state index contributed by atoms with van der Waals surface area (Å²) in [6, 6.07) is 26.4. The van der Waals surface area contributed by atoms with E-state index >= 15 is 0 Å². The summed E-state index contributed by atoms with van der Waals surface area (Å²) < 4.78 is 5.53. The Balaban J connectivity index is 1.44. The number of nitrogens with zero attached hydrogens (tertiary/aromatic N) is 1. The molecule has 0 radical (unpaired) electrons. The van der Waals surface area contributed by atoms with E-state index in [4.69, 9.17) is 4.74 Å². The molecule has 1 saturated heterocycles. The molecule has 0 bridgehead atoms. The third kappa shape index (κ3) is 6.69. The molecule has 2 amide bonds. The highest BCUT2D eigenvalue weighted by Crippen LogP contribution is 2.46. The van der Waals surface area contributed by atoms with E-state index in [-0.39, 0.29) is 12.3 Å². The van der Waals surface area contributed by atoms with E-state index in [1.165, 1.54) is 0 Å². The minimum absolute atomic E-state index is 0.0677. The largest absolute Gasteiger partial charge is 0.444 e. The minimum Gasteiger partial charge on any atom is -0.444 e. The zero-order valence-electron chi connectivity index (χ0n) is 24.7. The van der Waals surface area contributed by atoms with Crippen LogP contribution in [-0.2, 0) is 28.8 Å². The molecule has 0 spiro atoms. The molecule has 2 aliphatic rings. The average Bonchev–Trinajstić information content (AvgIpc) is 3.43. The van der Waals surface area contributed by atoms with Crippen LogP contribution in [0.4, 0.5) is 4.79 Å². The average molecular weight is 571 g/mol. The fourth-order valence-electron chi connectivity index (χ4n) is 6.61. The molecule has 42 heavy (non-hydrogen) atoms. The Bertz CT molecular complexity index is 1370. The van der Waals surface area contributed by atoms with Gasteiger partial charge in [0.05, 0.1) is 29.7 Å². The molecule has 1 aliphatic carbocycles. The van der Waals surface area contributed by atoms with Crippen molar-refractivity contribution < 1.29 is 24.5 Å². The van der Waals surface area contributed by atoms with Crippen molar-refractivity contribution in [3.63, 3.8) is 0 Å². The Morgan fingerprint density at radius 1 is 1.00 bits per heavy atom. The van der Waals surface area contributed by atoms with Crippen molar-refractivity contribution in [1.82, 2.24) is 10.2 Å². The molecular formula is C35H42N2O5. The highest BCUT2D eigenvalue weighted by atomic mass is 16.6. The van der Waals surface area contributed by atoms with Crippen LogP contribution in [0.1, 0.15) is 61.9 Å². The van der Waals surface area contributed by atoms with E-state index in [0.29, 0.717) is 32.2 Å². The third-order valence-corrected chi connectivity index (χ3v) is 8.50. The number of ether oxygens (including phenoxy) is 1. The van der Waals surface area contributed by atoms with E-state index in [1.54, 1.807) is 20.8 Å². The summed E-state index contributed by atoms with van der Waals surface area (Å²) in [6.07, 6.45) is -0.260. The number of carbonyl (C=O) groups is 2. The summed E-state index contributed by atoms with van der Waals surface area (Å²) in [4.78, 5) is 29.2. The predicted octanol–water partition coefficient (Wildman–Crippen LogP) is 4.99. The summed E-state index contributed by atoms with van der Waals surface area (Å²) in [7, 11) is 0. The SMILES string of the molecule is CC(C)(C)OC(=O)N[C@@H](Cc1ccccc1)[C@@H](O)C[C@@]1(Cc2ccccc2)CCN([C@H]2c3ccccc3C[C@H]2O)C1=O. The molecule has 5 rings (SSSR count). The van der Waals surface area contributed by atoms with Crippen LogP contribution in [0.2, 0.25) is 0 Å². The lowest BCUT2D eigenvalue weighted by atomic mass is 9.74. The molecule has 7 nitrogen and oxygen atoms in total. The fourth-order valence-corrected chi connectivity index (χ4v) is 6.61. The van der Waals surface area contributed by atoms with Crippen LogP contribution < -0.4 is 5.32 Å². The first-order chi connectivity index (χ1) is 20.0. The number of hydrogen-bond acceptors (Lipinski definition) is 5. The number of aliphatic hydroxyl groups excluding tert-OH is 2. The summed E-state index contributed by atoms with van der Waals surface area (Å²) in [6.45, 7) is 5.87. The van der Waals surface area contributed by atoms with Crippen molar-refractivity contribution >= 4 is 12.0 Å². The number of rotatable bonds is 9. The van der Waals surface area contributed by atoms with Crippen molar-refractivity contribution in [2.45, 2.75) is 82.8 Å². The van der Waals surface area contributed by atoms with Gasteiger partial charge < -0.3 is 25.2 Å². The maximum Gasteiger partial charge on any atom is 0.407 e. The van der Waals surface area contributed by atoms with Crippen molar-refractivity contribution in [2.75, 3.05) is 6.54 Å². The molecule has 1 fully saturated rings. The number of aliphatic hydroxyl groups is 2. The van der Waals surface area contributed by atoms with Gasteiger partial charge in [-0.2, -0.15) is 0 Å². The Hall–Kier alpha value is -3.68. The molecule has 222 valence electrons. The third-order valence-electron chi connectivity index (χ3n) is 8.50. The van der Waals surface area contributed by atoms with Gasteiger partial charge in [-0.3, -0.25) is 4.79 Å². The molecule has 3 N–H and O–H groups in total. The molecule has 3 aromatic rings. The second kappa shape index (κ2) is 12.3.